The molecule has 0 saturated carbocycles. The van der Waals surface area contributed by atoms with Crippen LogP contribution in [0.2, 0.25) is 0 Å². The molecule has 0 unspecified atom stereocenters. The number of carbonyl (C=O) groups excluding carboxylic acids is 4. The van der Waals surface area contributed by atoms with Gasteiger partial charge in [-0.15, -0.1) is 0 Å². The van der Waals surface area contributed by atoms with Gasteiger partial charge in [0.2, 0.25) is 0 Å². The van der Waals surface area contributed by atoms with Gasteiger partial charge < -0.3 is 0 Å². The molecule has 0 spiro atoms. The predicted molar refractivity (Wildman–Crippen MR) is 99.1 cm³/mol. The van der Waals surface area contributed by atoms with Gasteiger partial charge in [-0.1, -0.05) is 24.3 Å². The molecule has 10 heteroatoms. The first-order chi connectivity index (χ1) is 14.5. The van der Waals surface area contributed by atoms with Crippen molar-refractivity contribution in [3.05, 3.63) is 75.7 Å². The maximum Gasteiger partial charge on any atom is 0.477 e. The fourth-order valence-corrected chi connectivity index (χ4v) is 3.34. The van der Waals surface area contributed by atoms with Gasteiger partial charge in [0.15, 0.2) is 13.2 Å². The molecule has 0 fully saturated rings. The maximum atomic E-state index is 12.2. The molecule has 0 aliphatic carbocycles. The van der Waals surface area contributed by atoms with Gasteiger partial charge in [0.05, 0.1) is 35.3 Å². The van der Waals surface area contributed by atoms with Crippen LogP contribution < -0.4 is 0 Å². The number of amides is 4. The molecular formula is C20H16N3O7+. The van der Waals surface area contributed by atoms with Crippen molar-refractivity contribution < 1.29 is 33.9 Å². The minimum Gasteiger partial charge on any atom is -0.271 e. The minimum atomic E-state index is -0.455. The topological polar surface area (TPSA) is 113 Å². The lowest BCUT2D eigenvalue weighted by molar-refractivity contribution is -0.981. The van der Waals surface area contributed by atoms with E-state index in [9.17, 15) is 24.1 Å². The molecule has 30 heavy (non-hydrogen) atoms. The maximum absolute atomic E-state index is 12.2. The molecule has 2 aliphatic heterocycles. The van der Waals surface area contributed by atoms with Gasteiger partial charge in [-0.3, -0.25) is 29.0 Å². The second-order valence-electron chi connectivity index (χ2n) is 6.51. The zero-order chi connectivity index (χ0) is 21.3. The molecule has 10 nitrogen and oxygen atoms in total. The summed E-state index contributed by atoms with van der Waals surface area (Å²) in [6, 6.07) is 12.9. The van der Waals surface area contributed by atoms with Crippen LogP contribution in [0.3, 0.4) is 0 Å². The van der Waals surface area contributed by atoms with Crippen LogP contribution in [0.1, 0.15) is 41.4 Å². The van der Waals surface area contributed by atoms with Crippen LogP contribution in [0.4, 0.5) is 0 Å². The lowest BCUT2D eigenvalue weighted by atomic mass is 10.1. The molecule has 152 valence electrons. The third-order valence-electron chi connectivity index (χ3n) is 4.78. The monoisotopic (exact) mass is 410 g/mol. The Morgan fingerprint density at radius 1 is 0.600 bits per heavy atom. The Bertz CT molecular complexity index is 928. The number of hydrogen-bond acceptors (Lipinski definition) is 7. The van der Waals surface area contributed by atoms with Crippen molar-refractivity contribution in [2.45, 2.75) is 0 Å². The molecule has 0 saturated heterocycles. The molecule has 0 N–H and O–H groups in total. The summed E-state index contributed by atoms with van der Waals surface area (Å²) in [6.45, 7) is -0.816. The van der Waals surface area contributed by atoms with Crippen molar-refractivity contribution in [1.29, 1.82) is 0 Å². The van der Waals surface area contributed by atoms with E-state index in [0.717, 1.165) is 9.80 Å². The van der Waals surface area contributed by atoms with Crippen LogP contribution in [0.25, 0.3) is 0 Å². The van der Waals surface area contributed by atoms with Gasteiger partial charge in [-0.05, 0) is 24.3 Å². The van der Waals surface area contributed by atoms with Gasteiger partial charge in [0, 0.05) is 0 Å². The van der Waals surface area contributed by atoms with Crippen molar-refractivity contribution in [1.82, 2.24) is 9.80 Å². The Hall–Kier alpha value is -4.08. The van der Waals surface area contributed by atoms with E-state index >= 15 is 0 Å². The normalized spacial score (nSPS) is 14.8. The van der Waals surface area contributed by atoms with E-state index in [1.54, 1.807) is 48.5 Å². The van der Waals surface area contributed by atoms with Crippen LogP contribution in [0, 0.1) is 4.91 Å². The smallest absolute Gasteiger partial charge is 0.271 e. The second kappa shape index (κ2) is 7.74. The molecule has 2 aromatic rings. The highest BCUT2D eigenvalue weighted by molar-refractivity contribution is 6.22. The van der Waals surface area contributed by atoms with Crippen molar-refractivity contribution >= 4 is 23.6 Å². The summed E-state index contributed by atoms with van der Waals surface area (Å²) in [6.07, 6.45) is 0. The summed E-state index contributed by atoms with van der Waals surface area (Å²) in [5, 5.41) is -0.170. The largest absolute Gasteiger partial charge is 0.477 e. The fourth-order valence-electron chi connectivity index (χ4n) is 3.34. The van der Waals surface area contributed by atoms with Crippen molar-refractivity contribution in [3.8, 4) is 0 Å². The summed E-state index contributed by atoms with van der Waals surface area (Å²) in [5.41, 5.74) is 1.22. The van der Waals surface area contributed by atoms with E-state index in [2.05, 4.69) is 0 Å². The third-order valence-corrected chi connectivity index (χ3v) is 4.78. The molecular weight excluding hydrogens is 394 g/mol. The van der Waals surface area contributed by atoms with E-state index < -0.39 is 23.6 Å². The van der Waals surface area contributed by atoms with Gasteiger partial charge in [0.1, 0.15) is 4.91 Å². The highest BCUT2D eigenvalue weighted by Crippen LogP contribution is 2.23. The number of fused-ring (bicyclic) bond motifs is 2. The molecule has 2 aliphatic rings. The Morgan fingerprint density at radius 2 is 0.900 bits per heavy atom. The highest BCUT2D eigenvalue weighted by Gasteiger charge is 2.36. The summed E-state index contributed by atoms with van der Waals surface area (Å²) in [4.78, 5) is 72.1. The van der Waals surface area contributed by atoms with Crippen LogP contribution in [-0.2, 0) is 9.68 Å². The number of rotatable bonds is 8. The minimum absolute atomic E-state index is 0.132. The SMILES string of the molecule is O=C1c2ccccc2C(=O)N1CCO[N+](=O)OCCN1C(=O)c2ccccc2C1=O. The molecule has 4 rings (SSSR count). The van der Waals surface area contributed by atoms with E-state index in [1.807, 2.05) is 0 Å². The molecule has 2 heterocycles. The van der Waals surface area contributed by atoms with Crippen LogP contribution >= 0.6 is 0 Å². The molecule has 0 aromatic heterocycles. The van der Waals surface area contributed by atoms with E-state index in [0.29, 0.717) is 22.3 Å². The number of benzene rings is 2. The van der Waals surface area contributed by atoms with Gasteiger partial charge in [-0.2, -0.15) is 9.68 Å². The standard InChI is InChI=1S/C20H16N3O7/c24-17-13-5-1-2-6-14(13)18(25)21(17)9-11-29-23(28)30-12-10-22-19(26)15-7-3-4-8-16(15)20(22)27/h1-8H,9-12H2/q+1. The molecule has 0 radical (unpaired) electrons. The predicted octanol–water partition coefficient (Wildman–Crippen LogP) is 1.22. The molecule has 2 aromatic carbocycles. The first kappa shape index (κ1) is 19.2. The number of carbonyl (C=O) groups is 4. The average Bonchev–Trinajstić information content (AvgIpc) is 3.15. The highest BCUT2D eigenvalue weighted by atomic mass is 17.0. The number of nitrogens with zero attached hydrogens (tertiary/aromatic N) is 3. The summed E-state index contributed by atoms with van der Waals surface area (Å²) in [7, 11) is 0. The van der Waals surface area contributed by atoms with E-state index in [-0.39, 0.29) is 31.4 Å². The van der Waals surface area contributed by atoms with Crippen LogP contribution in [-0.4, -0.2) is 64.8 Å². The van der Waals surface area contributed by atoms with Gasteiger partial charge in [0.25, 0.3) is 23.6 Å². The van der Waals surface area contributed by atoms with Crippen LogP contribution in [0.15, 0.2) is 48.5 Å². The Morgan fingerprint density at radius 3 is 1.20 bits per heavy atom. The lowest BCUT2D eigenvalue weighted by Crippen LogP contribution is -2.35. The van der Waals surface area contributed by atoms with Crippen molar-refractivity contribution in [2.75, 3.05) is 26.3 Å². The Kier molecular flexibility index (Phi) is 4.97. The van der Waals surface area contributed by atoms with E-state index in [4.69, 9.17) is 9.68 Å². The van der Waals surface area contributed by atoms with E-state index in [1.165, 1.54) is 0 Å². The first-order valence-electron chi connectivity index (χ1n) is 9.12. The van der Waals surface area contributed by atoms with Crippen molar-refractivity contribution in [3.63, 3.8) is 0 Å². The Labute approximate surface area is 170 Å². The Balaban J connectivity index is 1.21. The van der Waals surface area contributed by atoms with Gasteiger partial charge in [-0.25, -0.2) is 0 Å². The third kappa shape index (κ3) is 3.28. The first-order valence-corrected chi connectivity index (χ1v) is 9.12. The molecule has 0 bridgehead atoms. The van der Waals surface area contributed by atoms with Gasteiger partial charge >= 0.3 is 5.09 Å². The molecule has 4 amide bonds. The summed E-state index contributed by atoms with van der Waals surface area (Å²) < 4.78 is 0. The van der Waals surface area contributed by atoms with Crippen LogP contribution in [0.5, 0.6) is 0 Å². The molecule has 0 atom stereocenters. The van der Waals surface area contributed by atoms with Crippen molar-refractivity contribution in [2.24, 2.45) is 0 Å². The number of hydrogen-bond donors (Lipinski definition) is 0. The fraction of sp³-hybridized carbons (Fsp3) is 0.200. The summed E-state index contributed by atoms with van der Waals surface area (Å²) in [5.74, 6) is -1.82. The quantitative estimate of drug-likeness (QED) is 0.475. The lowest BCUT2D eigenvalue weighted by Gasteiger charge is -2.11. The average molecular weight is 410 g/mol. The number of imide groups is 2. The second-order valence-corrected chi connectivity index (χ2v) is 6.51. The zero-order valence-corrected chi connectivity index (χ0v) is 15.6. The summed E-state index contributed by atoms with van der Waals surface area (Å²) >= 11 is 0. The zero-order valence-electron chi connectivity index (χ0n) is 15.6.